The number of unbranched alkanes of at least 4 members (excludes halogenated alkanes) is 2. The lowest BCUT2D eigenvalue weighted by molar-refractivity contribution is 0.254. The Labute approximate surface area is 285 Å². The first kappa shape index (κ1) is 39.7. The molecule has 0 bridgehead atoms. The molecule has 0 spiro atoms. The van der Waals surface area contributed by atoms with Gasteiger partial charge in [-0.1, -0.05) is 51.0 Å². The van der Waals surface area contributed by atoms with Gasteiger partial charge in [0.25, 0.3) is 0 Å². The van der Waals surface area contributed by atoms with Crippen LogP contribution in [-0.4, -0.2) is 81.5 Å². The second kappa shape index (κ2) is 19.5. The summed E-state index contributed by atoms with van der Waals surface area (Å²) in [6.45, 7) is 7.55. The third-order valence-corrected chi connectivity index (χ3v) is 9.79. The average Bonchev–Trinajstić information content (AvgIpc) is 3.64. The van der Waals surface area contributed by atoms with Crippen molar-refractivity contribution in [1.29, 1.82) is 0 Å². The molecule has 17 nitrogen and oxygen atoms in total. The second-order valence-corrected chi connectivity index (χ2v) is 15.0. The van der Waals surface area contributed by atoms with E-state index in [-0.39, 0.29) is 24.2 Å². The lowest BCUT2D eigenvalue weighted by atomic mass is 10.4. The van der Waals surface area contributed by atoms with Crippen LogP contribution in [0.5, 0.6) is 5.88 Å². The molecule has 0 saturated carbocycles. The van der Waals surface area contributed by atoms with Gasteiger partial charge in [0.2, 0.25) is 17.8 Å². The van der Waals surface area contributed by atoms with E-state index >= 15 is 0 Å². The Morgan fingerprint density at radius 2 is 1.22 bits per heavy atom. The number of aromatic nitrogens is 8. The van der Waals surface area contributed by atoms with Gasteiger partial charge in [-0.05, 0) is 32.6 Å². The summed E-state index contributed by atoms with van der Waals surface area (Å²) < 4.78 is 42.5. The first-order valence-corrected chi connectivity index (χ1v) is 19.6. The zero-order valence-electron chi connectivity index (χ0n) is 28.5. The van der Waals surface area contributed by atoms with E-state index in [9.17, 15) is 18.9 Å². The fraction of sp³-hybridized carbons (Fsp3) is 0.533. The fourth-order valence-corrected chi connectivity index (χ4v) is 6.41. The molecule has 2 atom stereocenters. The highest BCUT2D eigenvalue weighted by Crippen LogP contribution is 2.43. The van der Waals surface area contributed by atoms with Crippen molar-refractivity contribution in [1.82, 2.24) is 39.0 Å². The second-order valence-electron chi connectivity index (χ2n) is 11.0. The Balaban J connectivity index is 0.000000266. The number of nitrogens with two attached hydrogens (primary N) is 2. The molecule has 0 fully saturated rings. The number of allylic oxidation sites excluding steroid dienone is 4. The van der Waals surface area contributed by atoms with E-state index in [4.69, 9.17) is 25.3 Å². The van der Waals surface area contributed by atoms with Gasteiger partial charge < -0.3 is 44.2 Å². The zero-order chi connectivity index (χ0) is 35.9. The van der Waals surface area contributed by atoms with Crippen LogP contribution < -0.4 is 16.2 Å². The van der Waals surface area contributed by atoms with Crippen LogP contribution in [0.3, 0.4) is 0 Å². The molecule has 0 radical (unpaired) electrons. The summed E-state index contributed by atoms with van der Waals surface area (Å²) in [7, 11) is -5.49. The van der Waals surface area contributed by atoms with Crippen LogP contribution in [0.25, 0.3) is 22.3 Å². The summed E-state index contributed by atoms with van der Waals surface area (Å²) in [5.74, 6) is 0.660. The van der Waals surface area contributed by atoms with Gasteiger partial charge in [-0.3, -0.25) is 9.13 Å². The predicted molar refractivity (Wildman–Crippen MR) is 189 cm³/mol. The summed E-state index contributed by atoms with van der Waals surface area (Å²) in [5.41, 5.74) is 14.6. The van der Waals surface area contributed by atoms with E-state index in [1.807, 2.05) is 49.6 Å². The minimum atomic E-state index is -3.50. The molecule has 49 heavy (non-hydrogen) atoms. The van der Waals surface area contributed by atoms with Gasteiger partial charge in [0.15, 0.2) is 16.8 Å². The smallest absolute Gasteiger partial charge is 0.328 e. The molecule has 2 unspecified atom stereocenters. The molecule has 0 amide bonds. The van der Waals surface area contributed by atoms with Gasteiger partial charge in [-0.2, -0.15) is 15.0 Å². The fourth-order valence-electron chi connectivity index (χ4n) is 4.37. The van der Waals surface area contributed by atoms with Gasteiger partial charge in [0.1, 0.15) is 5.52 Å². The number of anilines is 2. The van der Waals surface area contributed by atoms with E-state index in [0.29, 0.717) is 61.8 Å². The van der Waals surface area contributed by atoms with E-state index in [1.165, 1.54) is 7.11 Å². The molecular formula is C30H48N10O7P2. The summed E-state index contributed by atoms with van der Waals surface area (Å²) in [5, 5.41) is 0. The van der Waals surface area contributed by atoms with Crippen molar-refractivity contribution in [2.75, 3.05) is 44.1 Å². The molecule has 4 aromatic rings. The number of fused-ring (bicyclic) bond motifs is 2. The monoisotopic (exact) mass is 722 g/mol. The summed E-state index contributed by atoms with van der Waals surface area (Å²) >= 11 is 0. The minimum absolute atomic E-state index is 0.0980. The van der Waals surface area contributed by atoms with Gasteiger partial charge in [-0.25, -0.2) is 15.0 Å². The molecule has 0 aliphatic rings. The molecule has 0 aromatic carbocycles. The quantitative estimate of drug-likeness (QED) is 0.0563. The van der Waals surface area contributed by atoms with Crippen molar-refractivity contribution < 1.29 is 32.7 Å². The maximum atomic E-state index is 11.8. The van der Waals surface area contributed by atoms with Gasteiger partial charge in [0, 0.05) is 13.1 Å². The number of nitrogen functional groups attached to an aromatic ring is 2. The topological polar surface area (TPSA) is 242 Å². The van der Waals surface area contributed by atoms with Crippen LogP contribution in [-0.2, 0) is 31.3 Å². The first-order valence-electron chi connectivity index (χ1n) is 16.1. The van der Waals surface area contributed by atoms with Crippen molar-refractivity contribution in [3.8, 4) is 5.88 Å². The number of rotatable bonds is 19. The Kier molecular flexibility index (Phi) is 15.8. The third-order valence-electron chi connectivity index (χ3n) is 6.97. The maximum absolute atomic E-state index is 11.8. The van der Waals surface area contributed by atoms with E-state index in [1.54, 1.807) is 17.2 Å². The maximum Gasteiger partial charge on any atom is 0.328 e. The van der Waals surface area contributed by atoms with Gasteiger partial charge >= 0.3 is 15.2 Å². The van der Waals surface area contributed by atoms with Crippen LogP contribution in [0, 0.1) is 6.92 Å². The average molecular weight is 723 g/mol. The number of hydrogen-bond acceptors (Lipinski definition) is 13. The van der Waals surface area contributed by atoms with Crippen LogP contribution >= 0.6 is 15.2 Å². The van der Waals surface area contributed by atoms with Crippen LogP contribution in [0.1, 0.15) is 58.1 Å². The molecule has 6 N–H and O–H groups in total. The number of aryl methyl sites for hydroxylation is 1. The summed E-state index contributed by atoms with van der Waals surface area (Å²) in [6.07, 6.45) is 15.3. The molecule has 4 rings (SSSR count). The van der Waals surface area contributed by atoms with Crippen LogP contribution in [0.15, 0.2) is 37.0 Å². The molecule has 0 aliphatic carbocycles. The SMILES string of the molecule is CCCCOP(=O)(O)CC/C=C\Cn1cnc2c(C)nc(N)nc21.CCCCOP(=O)(O)CC/C=C\Cn1cnc2c(OC)nc(N)nc21. The minimum Gasteiger partial charge on any atom is -0.479 e. The van der Waals surface area contributed by atoms with E-state index in [0.717, 1.165) is 36.9 Å². The highest BCUT2D eigenvalue weighted by atomic mass is 31.2. The normalized spacial score (nSPS) is 14.3. The highest BCUT2D eigenvalue weighted by Gasteiger charge is 2.18. The van der Waals surface area contributed by atoms with E-state index in [2.05, 4.69) is 29.9 Å². The Bertz CT molecular complexity index is 1790. The first-order chi connectivity index (χ1) is 23.4. The van der Waals surface area contributed by atoms with Crippen molar-refractivity contribution in [2.45, 2.75) is 72.4 Å². The summed E-state index contributed by atoms with van der Waals surface area (Å²) in [6, 6.07) is 0. The van der Waals surface area contributed by atoms with Crippen molar-refractivity contribution in [3.05, 3.63) is 42.7 Å². The Morgan fingerprint density at radius 1 is 0.755 bits per heavy atom. The number of nitrogens with zero attached hydrogens (tertiary/aromatic N) is 8. The van der Waals surface area contributed by atoms with Crippen LogP contribution in [0.2, 0.25) is 0 Å². The van der Waals surface area contributed by atoms with Crippen molar-refractivity contribution in [2.24, 2.45) is 0 Å². The van der Waals surface area contributed by atoms with Crippen molar-refractivity contribution in [3.63, 3.8) is 0 Å². The Morgan fingerprint density at radius 3 is 1.71 bits per heavy atom. The van der Waals surface area contributed by atoms with Crippen molar-refractivity contribution >= 4 is 49.4 Å². The predicted octanol–water partition coefficient (Wildman–Crippen LogP) is 5.03. The Hall–Kier alpha value is -3.72. The molecule has 270 valence electrons. The lowest BCUT2D eigenvalue weighted by Crippen LogP contribution is -2.01. The third kappa shape index (κ3) is 12.9. The number of imidazole rings is 2. The number of hydrogen-bond donors (Lipinski definition) is 4. The highest BCUT2D eigenvalue weighted by molar-refractivity contribution is 7.53. The lowest BCUT2D eigenvalue weighted by Gasteiger charge is -2.10. The summed E-state index contributed by atoms with van der Waals surface area (Å²) in [4.78, 5) is 44.3. The molecule has 4 heterocycles. The molecule has 0 aliphatic heterocycles. The number of methoxy groups -OCH3 is 1. The van der Waals surface area contributed by atoms with Gasteiger partial charge in [0.05, 0.1) is 51.0 Å². The molecule has 0 saturated heterocycles. The molecule has 4 aromatic heterocycles. The number of ether oxygens (including phenoxy) is 1. The van der Waals surface area contributed by atoms with Gasteiger partial charge in [-0.15, -0.1) is 0 Å². The van der Waals surface area contributed by atoms with Crippen LogP contribution in [0.4, 0.5) is 11.9 Å². The molecular weight excluding hydrogens is 674 g/mol. The zero-order valence-corrected chi connectivity index (χ0v) is 30.3. The standard InChI is InChI=1S/C15H24N5O4P.C15H24N5O3P/c1-3-4-9-24-25(21,22)10-7-5-6-8-20-11-17-12-13(20)18-15(16)19-14(12)23-2;1-3-4-9-23-24(21,22)10-7-5-6-8-20-11-17-13-12(2)18-15(16)19-14(13)20/h5-6,11H,3-4,7-10H2,1-2H3,(H,21,22)(H2,16,18,19);5-6,11H,3-4,7-10H2,1-2H3,(H,21,22)(H2,16,18,19)/b2*6-5-. The molecule has 19 heteroatoms. The van der Waals surface area contributed by atoms with E-state index < -0.39 is 15.2 Å². The largest absolute Gasteiger partial charge is 0.479 e.